The van der Waals surface area contributed by atoms with E-state index in [9.17, 15) is 9.59 Å². The minimum Gasteiger partial charge on any atom is -0.480 e. The van der Waals surface area contributed by atoms with Crippen LogP contribution in [0.5, 0.6) is 0 Å². The van der Waals surface area contributed by atoms with E-state index in [-0.39, 0.29) is 11.7 Å². The topological polar surface area (TPSA) is 106 Å². The number of carbonyl (C=O) groups excluding carboxylic acids is 1. The summed E-state index contributed by atoms with van der Waals surface area (Å²) < 4.78 is 0. The molecular formula is C10H20N2O3. The molecule has 88 valence electrons. The number of carbonyl (C=O) groups is 2. The van der Waals surface area contributed by atoms with Crippen LogP contribution in [0.25, 0.3) is 0 Å². The van der Waals surface area contributed by atoms with Crippen molar-refractivity contribution in [1.29, 1.82) is 0 Å². The molecule has 0 amide bonds. The Morgan fingerprint density at radius 3 is 1.87 bits per heavy atom. The number of hydrogen-bond acceptors (Lipinski definition) is 4. The van der Waals surface area contributed by atoms with Gasteiger partial charge in [-0.25, -0.2) is 0 Å². The fourth-order valence-corrected chi connectivity index (χ4v) is 1.19. The molecule has 0 aliphatic rings. The number of rotatable bonds is 5. The van der Waals surface area contributed by atoms with Crippen molar-refractivity contribution in [2.45, 2.75) is 39.8 Å². The second-order valence-corrected chi connectivity index (χ2v) is 4.67. The van der Waals surface area contributed by atoms with Gasteiger partial charge in [0.15, 0.2) is 5.78 Å². The largest absolute Gasteiger partial charge is 0.480 e. The second kappa shape index (κ2) is 4.72. The lowest BCUT2D eigenvalue weighted by molar-refractivity contribution is -0.146. The van der Waals surface area contributed by atoms with Gasteiger partial charge in [-0.15, -0.1) is 0 Å². The van der Waals surface area contributed by atoms with Gasteiger partial charge in [0.1, 0.15) is 6.04 Å². The van der Waals surface area contributed by atoms with E-state index in [0.29, 0.717) is 0 Å². The van der Waals surface area contributed by atoms with Crippen LogP contribution in [-0.2, 0) is 9.59 Å². The summed E-state index contributed by atoms with van der Waals surface area (Å²) in [6.07, 6.45) is 0. The molecule has 5 N–H and O–H groups in total. The van der Waals surface area contributed by atoms with Gasteiger partial charge >= 0.3 is 5.97 Å². The Morgan fingerprint density at radius 2 is 1.60 bits per heavy atom. The summed E-state index contributed by atoms with van der Waals surface area (Å²) in [4.78, 5) is 22.6. The Kier molecular flexibility index (Phi) is 4.42. The lowest BCUT2D eigenvalue weighted by atomic mass is 9.76. The molecule has 0 unspecified atom stereocenters. The van der Waals surface area contributed by atoms with Crippen molar-refractivity contribution < 1.29 is 14.7 Å². The zero-order chi connectivity index (χ0) is 12.4. The van der Waals surface area contributed by atoms with Crippen molar-refractivity contribution in [2.24, 2.45) is 22.8 Å². The molecule has 0 heterocycles. The van der Waals surface area contributed by atoms with E-state index < -0.39 is 23.5 Å². The van der Waals surface area contributed by atoms with E-state index >= 15 is 0 Å². The summed E-state index contributed by atoms with van der Waals surface area (Å²) in [5.74, 6) is -1.53. The Morgan fingerprint density at radius 1 is 1.20 bits per heavy atom. The zero-order valence-corrected chi connectivity index (χ0v) is 9.65. The Balaban J connectivity index is 4.88. The first-order valence-electron chi connectivity index (χ1n) is 4.90. The standard InChI is InChI=1S/C10H20N2O3/c1-5(2)6(11)8(13)10(3,4)7(12)9(14)15/h5-7H,11-12H2,1-4H3,(H,14,15)/t6-,7+/m0/s1. The molecule has 0 aliphatic carbocycles. The number of nitrogens with two attached hydrogens (primary N) is 2. The van der Waals surface area contributed by atoms with Crippen molar-refractivity contribution in [3.05, 3.63) is 0 Å². The molecule has 0 rings (SSSR count). The molecule has 5 heteroatoms. The van der Waals surface area contributed by atoms with Gasteiger partial charge in [-0.3, -0.25) is 9.59 Å². The van der Waals surface area contributed by atoms with E-state index in [1.54, 1.807) is 0 Å². The van der Waals surface area contributed by atoms with Crippen molar-refractivity contribution >= 4 is 11.8 Å². The van der Waals surface area contributed by atoms with Gasteiger partial charge < -0.3 is 16.6 Å². The maximum Gasteiger partial charge on any atom is 0.321 e. The molecule has 0 spiro atoms. The maximum absolute atomic E-state index is 11.9. The van der Waals surface area contributed by atoms with E-state index in [1.807, 2.05) is 13.8 Å². The number of carboxylic acids is 1. The van der Waals surface area contributed by atoms with Crippen LogP contribution >= 0.6 is 0 Å². The van der Waals surface area contributed by atoms with E-state index in [1.165, 1.54) is 13.8 Å². The van der Waals surface area contributed by atoms with Crippen LogP contribution in [0.15, 0.2) is 0 Å². The van der Waals surface area contributed by atoms with Gasteiger partial charge in [0.25, 0.3) is 0 Å². The highest BCUT2D eigenvalue weighted by Gasteiger charge is 2.41. The van der Waals surface area contributed by atoms with Crippen LogP contribution in [0.1, 0.15) is 27.7 Å². The van der Waals surface area contributed by atoms with Gasteiger partial charge in [0.2, 0.25) is 0 Å². The van der Waals surface area contributed by atoms with Crippen molar-refractivity contribution in [1.82, 2.24) is 0 Å². The zero-order valence-electron chi connectivity index (χ0n) is 9.65. The van der Waals surface area contributed by atoms with Crippen LogP contribution in [-0.4, -0.2) is 28.9 Å². The van der Waals surface area contributed by atoms with Gasteiger partial charge in [0.05, 0.1) is 11.5 Å². The lowest BCUT2D eigenvalue weighted by Crippen LogP contribution is -2.54. The molecule has 0 saturated heterocycles. The summed E-state index contributed by atoms with van der Waals surface area (Å²) in [5.41, 5.74) is 10.00. The Bertz CT molecular complexity index is 261. The molecule has 0 radical (unpaired) electrons. The molecule has 0 saturated carbocycles. The molecule has 2 atom stereocenters. The molecule has 0 aliphatic heterocycles. The minimum absolute atomic E-state index is 0.0298. The SMILES string of the molecule is CC(C)[C@H](N)C(=O)C(C)(C)[C@H](N)C(=O)O. The molecule has 0 aromatic carbocycles. The van der Waals surface area contributed by atoms with E-state index in [0.717, 1.165) is 0 Å². The Labute approximate surface area is 89.8 Å². The molecule has 5 nitrogen and oxygen atoms in total. The third kappa shape index (κ3) is 3.00. The van der Waals surface area contributed by atoms with Gasteiger partial charge in [0, 0.05) is 0 Å². The minimum atomic E-state index is -1.23. The van der Waals surface area contributed by atoms with Crippen molar-refractivity contribution in [2.75, 3.05) is 0 Å². The van der Waals surface area contributed by atoms with Gasteiger partial charge in [-0.2, -0.15) is 0 Å². The highest BCUT2D eigenvalue weighted by Crippen LogP contribution is 2.24. The maximum atomic E-state index is 11.9. The summed E-state index contributed by atoms with van der Waals surface area (Å²) in [6.45, 7) is 6.64. The molecule has 0 aromatic rings. The summed E-state index contributed by atoms with van der Waals surface area (Å²) >= 11 is 0. The highest BCUT2D eigenvalue weighted by molar-refractivity contribution is 5.94. The number of carboxylic acid groups (broad SMARTS) is 1. The summed E-state index contributed by atoms with van der Waals surface area (Å²) in [7, 11) is 0. The van der Waals surface area contributed by atoms with Crippen LogP contribution < -0.4 is 11.5 Å². The monoisotopic (exact) mass is 216 g/mol. The number of aliphatic carboxylic acids is 1. The fraction of sp³-hybridized carbons (Fsp3) is 0.800. The first-order valence-corrected chi connectivity index (χ1v) is 4.90. The summed E-state index contributed by atoms with van der Waals surface area (Å²) in [6, 6.07) is -1.90. The van der Waals surface area contributed by atoms with E-state index in [4.69, 9.17) is 16.6 Å². The average molecular weight is 216 g/mol. The van der Waals surface area contributed by atoms with E-state index in [2.05, 4.69) is 0 Å². The fourth-order valence-electron chi connectivity index (χ4n) is 1.19. The average Bonchev–Trinajstić information content (AvgIpc) is 2.13. The van der Waals surface area contributed by atoms with Crippen LogP contribution in [0.3, 0.4) is 0 Å². The lowest BCUT2D eigenvalue weighted by Gasteiger charge is -2.31. The van der Waals surface area contributed by atoms with Gasteiger partial charge in [-0.1, -0.05) is 27.7 Å². The first kappa shape index (κ1) is 14.1. The smallest absolute Gasteiger partial charge is 0.321 e. The third-order valence-corrected chi connectivity index (χ3v) is 2.70. The molecule has 0 aromatic heterocycles. The Hall–Kier alpha value is -0.940. The normalized spacial score (nSPS) is 16.2. The third-order valence-electron chi connectivity index (χ3n) is 2.70. The van der Waals surface area contributed by atoms with Crippen LogP contribution in [0.2, 0.25) is 0 Å². The van der Waals surface area contributed by atoms with Crippen LogP contribution in [0.4, 0.5) is 0 Å². The predicted octanol–water partition coefficient (Wildman–Crippen LogP) is -0.0231. The molecule has 0 bridgehead atoms. The molecule has 15 heavy (non-hydrogen) atoms. The molecule has 0 fully saturated rings. The number of Topliss-reactive ketones (excluding diaryl/α,β-unsaturated/α-hetero) is 1. The van der Waals surface area contributed by atoms with Crippen LogP contribution in [0, 0.1) is 11.3 Å². The quantitative estimate of drug-likeness (QED) is 0.598. The predicted molar refractivity (Wildman–Crippen MR) is 57.2 cm³/mol. The number of ketones is 1. The van der Waals surface area contributed by atoms with Crippen molar-refractivity contribution in [3.63, 3.8) is 0 Å². The van der Waals surface area contributed by atoms with Gasteiger partial charge in [-0.05, 0) is 5.92 Å². The summed E-state index contributed by atoms with van der Waals surface area (Å²) in [5, 5.41) is 8.77. The highest BCUT2D eigenvalue weighted by atomic mass is 16.4. The molecular weight excluding hydrogens is 196 g/mol. The first-order chi connectivity index (χ1) is 6.62. The van der Waals surface area contributed by atoms with Crippen molar-refractivity contribution in [3.8, 4) is 0 Å². The second-order valence-electron chi connectivity index (χ2n) is 4.67. The number of hydrogen-bond donors (Lipinski definition) is 3.